The summed E-state index contributed by atoms with van der Waals surface area (Å²) in [6, 6.07) is 32.4. The number of rotatable bonds is 1. The second-order valence-electron chi connectivity index (χ2n) is 8.95. The Bertz CT molecular complexity index is 1350. The topological polar surface area (TPSA) is 37.3 Å². The van der Waals surface area contributed by atoms with Crippen LogP contribution in [0.5, 0.6) is 0 Å². The lowest BCUT2D eigenvalue weighted by Crippen LogP contribution is -2.35. The summed E-state index contributed by atoms with van der Waals surface area (Å²) in [5, 5.41) is 9.73. The molecule has 6 aliphatic carbocycles. The minimum atomic E-state index is -0.861. The molecule has 0 spiro atoms. The van der Waals surface area contributed by atoms with Crippen molar-refractivity contribution in [1.82, 2.24) is 0 Å². The molecular formula is C29H20O2. The summed E-state index contributed by atoms with van der Waals surface area (Å²) >= 11 is 0. The molecule has 0 saturated carbocycles. The van der Waals surface area contributed by atoms with Crippen LogP contribution < -0.4 is 0 Å². The molecule has 148 valence electrons. The zero-order valence-corrected chi connectivity index (χ0v) is 16.8. The van der Waals surface area contributed by atoms with Gasteiger partial charge in [0.05, 0.1) is 5.56 Å². The highest BCUT2D eigenvalue weighted by Crippen LogP contribution is 2.63. The summed E-state index contributed by atoms with van der Waals surface area (Å²) in [4.78, 5) is 11.8. The molecule has 2 heteroatoms. The predicted molar refractivity (Wildman–Crippen MR) is 120 cm³/mol. The number of hydrogen-bond donors (Lipinski definition) is 1. The molecule has 0 amide bonds. The van der Waals surface area contributed by atoms with Gasteiger partial charge in [0, 0.05) is 23.7 Å². The van der Waals surface area contributed by atoms with Crippen LogP contribution in [0.1, 0.15) is 78.5 Å². The third-order valence-electron chi connectivity index (χ3n) is 7.67. The third-order valence-corrected chi connectivity index (χ3v) is 7.67. The summed E-state index contributed by atoms with van der Waals surface area (Å²) in [6.07, 6.45) is 0. The van der Waals surface area contributed by atoms with Gasteiger partial charge in [0.1, 0.15) is 0 Å². The van der Waals surface area contributed by atoms with Crippen molar-refractivity contribution in [2.24, 2.45) is 0 Å². The minimum absolute atomic E-state index is 0.102. The largest absolute Gasteiger partial charge is 0.478 e. The fourth-order valence-corrected chi connectivity index (χ4v) is 6.60. The summed E-state index contributed by atoms with van der Waals surface area (Å²) in [7, 11) is 0. The fraction of sp³-hybridized carbons (Fsp3) is 0.138. The first kappa shape index (κ1) is 17.1. The van der Waals surface area contributed by atoms with Gasteiger partial charge >= 0.3 is 5.97 Å². The van der Waals surface area contributed by atoms with Gasteiger partial charge in [0.25, 0.3) is 0 Å². The van der Waals surface area contributed by atoms with E-state index in [9.17, 15) is 9.90 Å². The lowest BCUT2D eigenvalue weighted by Gasteiger charge is -2.50. The van der Waals surface area contributed by atoms with Crippen molar-refractivity contribution < 1.29 is 9.90 Å². The molecule has 31 heavy (non-hydrogen) atoms. The van der Waals surface area contributed by atoms with Gasteiger partial charge in [-0.3, -0.25) is 0 Å². The maximum atomic E-state index is 11.8. The van der Waals surface area contributed by atoms with E-state index in [1.54, 1.807) is 6.07 Å². The zero-order valence-electron chi connectivity index (χ0n) is 16.8. The Hall–Kier alpha value is -3.65. The highest BCUT2D eigenvalue weighted by Gasteiger charge is 2.49. The molecule has 0 aromatic heterocycles. The highest BCUT2D eigenvalue weighted by molar-refractivity contribution is 5.88. The predicted octanol–water partition coefficient (Wildman–Crippen LogP) is 6.25. The van der Waals surface area contributed by atoms with Gasteiger partial charge in [0.15, 0.2) is 0 Å². The quantitative estimate of drug-likeness (QED) is 0.410. The molecule has 4 aromatic carbocycles. The normalized spacial score (nSPS) is 23.7. The van der Waals surface area contributed by atoms with Crippen LogP contribution in [0.15, 0.2) is 91.0 Å². The monoisotopic (exact) mass is 400 g/mol. The smallest absolute Gasteiger partial charge is 0.335 e. The van der Waals surface area contributed by atoms with E-state index < -0.39 is 5.97 Å². The summed E-state index contributed by atoms with van der Waals surface area (Å²) in [5.74, 6) is -0.187. The molecule has 0 aliphatic heterocycles. The van der Waals surface area contributed by atoms with Gasteiger partial charge in [-0.2, -0.15) is 0 Å². The Labute approximate surface area is 180 Å². The first-order valence-electron chi connectivity index (χ1n) is 10.9. The van der Waals surface area contributed by atoms with Crippen molar-refractivity contribution in [3.63, 3.8) is 0 Å². The second kappa shape index (κ2) is 5.95. The van der Waals surface area contributed by atoms with E-state index in [0.717, 1.165) is 0 Å². The molecule has 2 atom stereocenters. The number of carboxylic acids is 1. The van der Waals surface area contributed by atoms with Crippen molar-refractivity contribution in [3.05, 3.63) is 141 Å². The van der Waals surface area contributed by atoms with Crippen molar-refractivity contribution in [2.45, 2.75) is 23.7 Å². The number of carbonyl (C=O) groups is 1. The van der Waals surface area contributed by atoms with Crippen molar-refractivity contribution in [1.29, 1.82) is 0 Å². The van der Waals surface area contributed by atoms with E-state index >= 15 is 0 Å². The van der Waals surface area contributed by atoms with E-state index in [0.29, 0.717) is 5.56 Å². The van der Waals surface area contributed by atoms with Crippen molar-refractivity contribution in [2.75, 3.05) is 0 Å². The lowest BCUT2D eigenvalue weighted by atomic mass is 9.53. The molecule has 10 rings (SSSR count). The van der Waals surface area contributed by atoms with Gasteiger partial charge in [0.2, 0.25) is 0 Å². The molecule has 0 saturated heterocycles. The molecule has 1 N–H and O–H groups in total. The van der Waals surface area contributed by atoms with Gasteiger partial charge < -0.3 is 5.11 Å². The molecule has 0 heterocycles. The Morgan fingerprint density at radius 1 is 0.484 bits per heavy atom. The van der Waals surface area contributed by atoms with E-state index in [1.165, 1.54) is 44.5 Å². The molecule has 4 aromatic rings. The number of carboxylic acid groups (broad SMARTS) is 1. The Balaban J connectivity index is 1.65. The summed E-state index contributed by atoms with van der Waals surface area (Å²) in [5.41, 5.74) is 11.2. The summed E-state index contributed by atoms with van der Waals surface area (Å²) < 4.78 is 0. The zero-order chi connectivity index (χ0) is 20.7. The van der Waals surface area contributed by atoms with E-state index in [2.05, 4.69) is 78.9 Å². The number of benzene rings is 4. The molecule has 0 fully saturated rings. The molecule has 0 radical (unpaired) electrons. The molecule has 2 nitrogen and oxygen atoms in total. The van der Waals surface area contributed by atoms with Gasteiger partial charge in [-0.1, -0.05) is 78.9 Å². The first-order chi connectivity index (χ1) is 15.2. The minimum Gasteiger partial charge on any atom is -0.478 e. The van der Waals surface area contributed by atoms with Crippen LogP contribution in [0.25, 0.3) is 0 Å². The van der Waals surface area contributed by atoms with Crippen molar-refractivity contribution >= 4 is 5.97 Å². The first-order valence-corrected chi connectivity index (χ1v) is 10.9. The fourth-order valence-electron chi connectivity index (χ4n) is 6.60. The lowest BCUT2D eigenvalue weighted by molar-refractivity contribution is 0.0696. The standard InChI is InChI=1S/C29H20O2/c30-29(31)16-13-14-23-24(15-16)28-22-12-6-5-11-21(22)27(23)25-17-7-1-3-9-19(17)26(28)20-10-4-2-8-18(20)25/h1-15,25-28H,(H,30,31)/t25?,26?,27-,28+/m1/s1. The Morgan fingerprint density at radius 3 is 1.16 bits per heavy atom. The maximum Gasteiger partial charge on any atom is 0.335 e. The van der Waals surface area contributed by atoms with Crippen LogP contribution in [0.2, 0.25) is 0 Å². The Kier molecular flexibility index (Phi) is 3.28. The van der Waals surface area contributed by atoms with Crippen LogP contribution >= 0.6 is 0 Å². The van der Waals surface area contributed by atoms with Gasteiger partial charge in [-0.25, -0.2) is 4.79 Å². The van der Waals surface area contributed by atoms with E-state index in [4.69, 9.17) is 0 Å². The highest BCUT2D eigenvalue weighted by atomic mass is 16.4. The molecule has 6 aliphatic rings. The summed E-state index contributed by atoms with van der Waals surface area (Å²) in [6.45, 7) is 0. The van der Waals surface area contributed by atoms with Gasteiger partial charge in [-0.05, 0) is 56.6 Å². The Morgan fingerprint density at radius 2 is 0.806 bits per heavy atom. The van der Waals surface area contributed by atoms with Crippen LogP contribution in [-0.4, -0.2) is 11.1 Å². The average Bonchev–Trinajstić information content (AvgIpc) is 2.79. The van der Waals surface area contributed by atoms with E-state index in [-0.39, 0.29) is 23.7 Å². The number of hydrogen-bond acceptors (Lipinski definition) is 1. The third kappa shape index (κ3) is 2.10. The van der Waals surface area contributed by atoms with Crippen LogP contribution in [-0.2, 0) is 0 Å². The van der Waals surface area contributed by atoms with Gasteiger partial charge in [-0.15, -0.1) is 0 Å². The number of aromatic carboxylic acids is 1. The van der Waals surface area contributed by atoms with Crippen LogP contribution in [0.4, 0.5) is 0 Å². The van der Waals surface area contributed by atoms with E-state index in [1.807, 2.05) is 6.07 Å². The average molecular weight is 400 g/mol. The molecule has 4 bridgehead atoms. The second-order valence-corrected chi connectivity index (χ2v) is 8.95. The SMILES string of the molecule is O=C(O)c1ccc2c(c1)[C@@H]1c3ccccc3[C@H]2C2c3ccccc3C1c1ccccc12. The van der Waals surface area contributed by atoms with Crippen LogP contribution in [0, 0.1) is 0 Å². The molecular weight excluding hydrogens is 380 g/mol. The maximum absolute atomic E-state index is 11.8. The van der Waals surface area contributed by atoms with Crippen molar-refractivity contribution in [3.8, 4) is 0 Å². The van der Waals surface area contributed by atoms with Crippen LogP contribution in [0.3, 0.4) is 0 Å². The molecule has 0 unspecified atom stereocenters.